The van der Waals surface area contributed by atoms with Crippen LogP contribution in [0.5, 0.6) is 0 Å². The normalized spacial score (nSPS) is 10.7. The zero-order chi connectivity index (χ0) is 7.78. The molecule has 1 aromatic rings. The van der Waals surface area contributed by atoms with E-state index in [1.54, 1.807) is 0 Å². The first kappa shape index (κ1) is 11.3. The Hall–Kier alpha value is 0.280. The second-order valence-electron chi connectivity index (χ2n) is 1.19. The second-order valence-corrected chi connectivity index (χ2v) is 2.24. The van der Waals surface area contributed by atoms with Gasteiger partial charge in [-0.15, -0.1) is 0 Å². The fourth-order valence-electron chi connectivity index (χ4n) is 0.244. The third-order valence-electron chi connectivity index (χ3n) is 0.465. The third-order valence-corrected chi connectivity index (χ3v) is 0.798. The molecule has 0 amide bonds. The molecule has 0 bridgehead atoms. The van der Waals surface area contributed by atoms with Gasteiger partial charge in [0.15, 0.2) is 12.9 Å². The van der Waals surface area contributed by atoms with Crippen molar-refractivity contribution >= 4 is 45.6 Å². The van der Waals surface area contributed by atoms with E-state index < -0.39 is 13.6 Å². The van der Waals surface area contributed by atoms with Gasteiger partial charge in [-0.05, 0) is 0 Å². The molecule has 0 aliphatic heterocycles. The fraction of sp³-hybridized carbons (Fsp3) is 0. The van der Waals surface area contributed by atoms with Gasteiger partial charge < -0.3 is 19.0 Å². The number of aromatic nitrogens is 1. The summed E-state index contributed by atoms with van der Waals surface area (Å²) >= 11 is 0. The Morgan fingerprint density at radius 1 is 1.45 bits per heavy atom. The Balaban J connectivity index is 0.000001000. The van der Waals surface area contributed by atoms with Crippen molar-refractivity contribution in [2.75, 3.05) is 0 Å². The van der Waals surface area contributed by atoms with Gasteiger partial charge in [-0.3, -0.25) is 0 Å². The molecule has 0 fully saturated rings. The molecule has 58 valence electrons. The van der Waals surface area contributed by atoms with E-state index in [-0.39, 0.29) is 42.8 Å². The van der Waals surface area contributed by atoms with Crippen molar-refractivity contribution in [2.45, 2.75) is 0 Å². The molecule has 0 radical (unpaired) electrons. The summed E-state index contributed by atoms with van der Waals surface area (Å²) in [5, 5.41) is -0.205. The number of phosphoric acid groups is 1. The molecule has 1 heterocycles. The molecule has 11 heavy (non-hydrogen) atoms. The van der Waals surface area contributed by atoms with Crippen molar-refractivity contribution < 1.29 is 28.0 Å². The number of nitrogens with zero attached hydrogens (tertiary/aromatic N) is 1. The fourth-order valence-corrected chi connectivity index (χ4v) is 0.474. The molecule has 0 spiro atoms. The average molecular weight is 209 g/mol. The maximum Gasteiger partial charge on any atom is 2.00 e. The average Bonchev–Trinajstić information content (AvgIpc) is 1.57. The number of hydrogen-bond donors (Lipinski definition) is 0. The van der Waals surface area contributed by atoms with Crippen molar-refractivity contribution in [3.63, 3.8) is 0 Å². The van der Waals surface area contributed by atoms with Crippen LogP contribution in [0.4, 0.5) is 0 Å². The van der Waals surface area contributed by atoms with Crippen LogP contribution in [0.2, 0.25) is 0 Å². The SMILES string of the molecule is O=c1on(OP(=O)([O-])[O-])o1.[Ca+2]. The predicted molar refractivity (Wildman–Crippen MR) is 25.2 cm³/mol. The van der Waals surface area contributed by atoms with E-state index in [9.17, 15) is 19.1 Å². The first-order chi connectivity index (χ1) is 4.47. The predicted octanol–water partition coefficient (Wildman–Crippen LogP) is -3.09. The molecule has 1 aromatic heterocycles. The van der Waals surface area contributed by atoms with Gasteiger partial charge in [0.1, 0.15) is 0 Å². The quantitative estimate of drug-likeness (QED) is 0.373. The minimum absolute atomic E-state index is 0. The molecule has 1 rings (SSSR count). The second kappa shape index (κ2) is 3.79. The molecule has 10 heteroatoms. The smallest absolute Gasteiger partial charge is 0.778 e. The van der Waals surface area contributed by atoms with Crippen LogP contribution in [-0.2, 0) is 4.57 Å². The zero-order valence-electron chi connectivity index (χ0n) is 4.96. The first-order valence-electron chi connectivity index (χ1n) is 1.89. The van der Waals surface area contributed by atoms with E-state index in [1.807, 2.05) is 0 Å². The van der Waals surface area contributed by atoms with Crippen LogP contribution in [-0.4, -0.2) is 42.8 Å². The van der Waals surface area contributed by atoms with Crippen LogP contribution in [0.1, 0.15) is 0 Å². The van der Waals surface area contributed by atoms with Gasteiger partial charge >= 0.3 is 43.6 Å². The molecular formula is CCaNO7P. The van der Waals surface area contributed by atoms with E-state index >= 15 is 0 Å². The van der Waals surface area contributed by atoms with E-state index in [1.165, 1.54) is 0 Å². The van der Waals surface area contributed by atoms with Gasteiger partial charge in [-0.2, -0.15) is 4.79 Å². The molecule has 8 nitrogen and oxygen atoms in total. The summed E-state index contributed by atoms with van der Waals surface area (Å²) in [6.45, 7) is 0. The van der Waals surface area contributed by atoms with Crippen molar-refractivity contribution in [1.29, 1.82) is 0 Å². The minimum atomic E-state index is -5.19. The molecule has 0 unspecified atom stereocenters. The van der Waals surface area contributed by atoms with Gasteiger partial charge in [-0.1, -0.05) is 0 Å². The summed E-state index contributed by atoms with van der Waals surface area (Å²) in [5.41, 5.74) is 0. The van der Waals surface area contributed by atoms with Crippen molar-refractivity contribution in [3.8, 4) is 0 Å². The van der Waals surface area contributed by atoms with Crippen molar-refractivity contribution in [2.24, 2.45) is 0 Å². The van der Waals surface area contributed by atoms with Crippen molar-refractivity contribution in [1.82, 2.24) is 5.08 Å². The van der Waals surface area contributed by atoms with Crippen LogP contribution in [0.25, 0.3) is 0 Å². The van der Waals surface area contributed by atoms with Crippen molar-refractivity contribution in [3.05, 3.63) is 10.6 Å². The Morgan fingerprint density at radius 2 is 1.91 bits per heavy atom. The molecule has 0 aromatic carbocycles. The Morgan fingerprint density at radius 3 is 2.18 bits per heavy atom. The molecule has 0 saturated carbocycles. The van der Waals surface area contributed by atoms with Crippen LogP contribution in [0.15, 0.2) is 13.8 Å². The molecule has 0 saturated heterocycles. The molecular weight excluding hydrogens is 209 g/mol. The summed E-state index contributed by atoms with van der Waals surface area (Å²) in [5.74, 6) is -1.14. The largest absolute Gasteiger partial charge is 2.00 e. The topological polar surface area (TPSA) is 121 Å². The summed E-state index contributed by atoms with van der Waals surface area (Å²) in [4.78, 5) is 29.1. The van der Waals surface area contributed by atoms with Gasteiger partial charge in [0, 0.05) is 0 Å². The summed E-state index contributed by atoms with van der Waals surface area (Å²) in [6.07, 6.45) is 0. The summed E-state index contributed by atoms with van der Waals surface area (Å²) in [6, 6.07) is 0. The molecule has 0 aliphatic carbocycles. The molecule has 0 atom stereocenters. The standard InChI is InChI=1S/CH2NO7P.Ca/c3-1-7-2(8-1)9-10(4,5)6;/h(H2,4,5,6);/q;+2/p-2. The van der Waals surface area contributed by atoms with Gasteiger partial charge in [0.25, 0.3) is 0 Å². The molecule has 0 aliphatic rings. The number of hydrogen-bond acceptors (Lipinski definition) is 7. The minimum Gasteiger partial charge on any atom is -0.778 e. The number of rotatable bonds is 2. The van der Waals surface area contributed by atoms with Crippen LogP contribution in [0, 0.1) is 0 Å². The van der Waals surface area contributed by atoms with Crippen LogP contribution >= 0.6 is 7.82 Å². The van der Waals surface area contributed by atoms with E-state index in [2.05, 4.69) is 13.7 Å². The van der Waals surface area contributed by atoms with E-state index in [0.717, 1.165) is 0 Å². The molecule has 0 N–H and O–H groups in total. The van der Waals surface area contributed by atoms with Crippen LogP contribution < -0.4 is 20.2 Å². The summed E-state index contributed by atoms with van der Waals surface area (Å²) in [7, 11) is -5.19. The maximum atomic E-state index is 9.74. The van der Waals surface area contributed by atoms with Gasteiger partial charge in [0.2, 0.25) is 0 Å². The zero-order valence-corrected chi connectivity index (χ0v) is 8.06. The third kappa shape index (κ3) is 4.00. The van der Waals surface area contributed by atoms with Gasteiger partial charge in [-0.25, -0.2) is 9.05 Å². The first-order valence-corrected chi connectivity index (χ1v) is 3.35. The maximum absolute atomic E-state index is 9.74. The Bertz CT molecular complexity index is 285. The van der Waals surface area contributed by atoms with E-state index in [0.29, 0.717) is 0 Å². The van der Waals surface area contributed by atoms with Gasteiger partial charge in [0.05, 0.1) is 0 Å². The Labute approximate surface area is 88.8 Å². The monoisotopic (exact) mass is 209 g/mol. The Kier molecular flexibility index (Phi) is 3.89. The van der Waals surface area contributed by atoms with E-state index in [4.69, 9.17) is 0 Å². The summed E-state index contributed by atoms with van der Waals surface area (Å²) < 4.78 is 20.4. The van der Waals surface area contributed by atoms with Crippen LogP contribution in [0.3, 0.4) is 0 Å².